The minimum atomic E-state index is -4.40. The molecule has 0 amide bonds. The third kappa shape index (κ3) is 38.5. The van der Waals surface area contributed by atoms with E-state index in [2.05, 4.69) is 105 Å². The van der Waals surface area contributed by atoms with Crippen LogP contribution >= 0.6 is 7.82 Å². The molecule has 300 valence electrons. The molecule has 0 aliphatic rings. The van der Waals surface area contributed by atoms with Crippen molar-refractivity contribution < 1.29 is 37.6 Å². The first-order valence-corrected chi connectivity index (χ1v) is 21.2. The average molecular weight is 760 g/mol. The smallest absolute Gasteiger partial charge is 0.462 e. The molecule has 0 aliphatic carbocycles. The van der Waals surface area contributed by atoms with Crippen LogP contribution in [0.4, 0.5) is 0 Å². The van der Waals surface area contributed by atoms with Crippen LogP contribution in [0.2, 0.25) is 0 Å². The number of allylic oxidation sites excluding steroid dienone is 16. The fraction of sp³-hybridized carbons (Fsp3) is 0.581. The molecule has 0 fully saturated rings. The summed E-state index contributed by atoms with van der Waals surface area (Å²) < 4.78 is 32.6. The van der Waals surface area contributed by atoms with E-state index >= 15 is 0 Å². The molecule has 0 spiro atoms. The van der Waals surface area contributed by atoms with Crippen LogP contribution in [0.15, 0.2) is 97.2 Å². The Morgan fingerprint density at radius 1 is 0.585 bits per heavy atom. The molecule has 0 bridgehead atoms. The van der Waals surface area contributed by atoms with Crippen molar-refractivity contribution in [2.24, 2.45) is 5.73 Å². The van der Waals surface area contributed by atoms with Gasteiger partial charge in [-0.1, -0.05) is 124 Å². The lowest BCUT2D eigenvalue weighted by Crippen LogP contribution is -2.29. The molecule has 0 heterocycles. The van der Waals surface area contributed by atoms with Crippen molar-refractivity contribution in [1.82, 2.24) is 0 Å². The number of nitrogens with two attached hydrogens (primary N) is 1. The van der Waals surface area contributed by atoms with Gasteiger partial charge in [-0.25, -0.2) is 4.57 Å². The van der Waals surface area contributed by atoms with E-state index in [4.69, 9.17) is 24.3 Å². The van der Waals surface area contributed by atoms with Crippen molar-refractivity contribution in [3.05, 3.63) is 97.2 Å². The summed E-state index contributed by atoms with van der Waals surface area (Å²) in [7, 11) is -4.40. The average Bonchev–Trinajstić information content (AvgIpc) is 3.14. The second-order valence-corrected chi connectivity index (χ2v) is 13.9. The molecule has 0 rings (SSSR count). The van der Waals surface area contributed by atoms with Crippen LogP contribution < -0.4 is 5.73 Å². The van der Waals surface area contributed by atoms with Gasteiger partial charge in [0.1, 0.15) is 6.61 Å². The van der Waals surface area contributed by atoms with Gasteiger partial charge in [-0.15, -0.1) is 0 Å². The fourth-order valence-corrected chi connectivity index (χ4v) is 5.32. The summed E-state index contributed by atoms with van der Waals surface area (Å²) in [5.41, 5.74) is 5.33. The number of esters is 2. The molecule has 53 heavy (non-hydrogen) atoms. The van der Waals surface area contributed by atoms with Crippen molar-refractivity contribution in [3.8, 4) is 0 Å². The standard InChI is InChI=1S/C43H70NO8P/c1-3-5-7-9-11-13-15-17-19-20-22-23-25-27-29-31-33-35-42(45)49-39-41(40-51-53(47,48)50-38-37-44)52-43(46)36-34-32-30-28-26-24-21-18-16-14-12-10-8-6-4-2/h5,7,11-14,17-19,21-23,26-29,41H,3-4,6,8-10,15-16,20,24-25,30-40,44H2,1-2H3,(H,47,48)/b7-5+,13-11+,14-12+,19-17+,21-18+,23-22+,28-26+,29-27+/t41-/m1/s1. The zero-order chi connectivity index (χ0) is 38.9. The lowest BCUT2D eigenvalue weighted by molar-refractivity contribution is -0.161. The Hall–Kier alpha value is -3.07. The quantitative estimate of drug-likeness (QED) is 0.0280. The van der Waals surface area contributed by atoms with Gasteiger partial charge in [0.2, 0.25) is 0 Å². The fourth-order valence-electron chi connectivity index (χ4n) is 4.56. The minimum Gasteiger partial charge on any atom is -0.462 e. The van der Waals surface area contributed by atoms with Crippen LogP contribution in [0, 0.1) is 0 Å². The summed E-state index contributed by atoms with van der Waals surface area (Å²) in [4.78, 5) is 34.7. The number of hydrogen-bond donors (Lipinski definition) is 2. The van der Waals surface area contributed by atoms with Crippen LogP contribution in [0.1, 0.15) is 129 Å². The van der Waals surface area contributed by atoms with Gasteiger partial charge in [0, 0.05) is 19.4 Å². The summed E-state index contributed by atoms with van der Waals surface area (Å²) in [5, 5.41) is 0. The van der Waals surface area contributed by atoms with Gasteiger partial charge in [-0.05, 0) is 89.9 Å². The molecule has 0 saturated carbocycles. The lowest BCUT2D eigenvalue weighted by atomic mass is 10.1. The number of phosphoric ester groups is 1. The summed E-state index contributed by atoms with van der Waals surface area (Å²) in [6.07, 6.45) is 48.8. The topological polar surface area (TPSA) is 134 Å². The second-order valence-electron chi connectivity index (χ2n) is 12.4. The van der Waals surface area contributed by atoms with Crippen LogP contribution in [-0.4, -0.2) is 49.3 Å². The van der Waals surface area contributed by atoms with Crippen molar-refractivity contribution in [1.29, 1.82) is 0 Å². The molecule has 0 aromatic rings. The van der Waals surface area contributed by atoms with Gasteiger partial charge >= 0.3 is 19.8 Å². The highest BCUT2D eigenvalue weighted by Crippen LogP contribution is 2.43. The van der Waals surface area contributed by atoms with Crippen LogP contribution in [-0.2, 0) is 32.7 Å². The molecule has 1 unspecified atom stereocenters. The molecule has 10 heteroatoms. The van der Waals surface area contributed by atoms with Crippen LogP contribution in [0.5, 0.6) is 0 Å². The van der Waals surface area contributed by atoms with E-state index < -0.39 is 32.5 Å². The molecule has 9 nitrogen and oxygen atoms in total. The minimum absolute atomic E-state index is 0.0340. The Morgan fingerprint density at radius 3 is 1.53 bits per heavy atom. The number of carbonyl (C=O) groups excluding carboxylic acids is 2. The van der Waals surface area contributed by atoms with Crippen molar-refractivity contribution >= 4 is 19.8 Å². The van der Waals surface area contributed by atoms with Crippen molar-refractivity contribution in [3.63, 3.8) is 0 Å². The first-order valence-electron chi connectivity index (χ1n) is 19.7. The summed E-state index contributed by atoms with van der Waals surface area (Å²) in [6, 6.07) is 0. The number of ether oxygens (including phenoxy) is 2. The normalized spacial score (nSPS) is 14.4. The van der Waals surface area contributed by atoms with Gasteiger partial charge in [0.15, 0.2) is 6.10 Å². The van der Waals surface area contributed by atoms with Gasteiger partial charge in [0.05, 0.1) is 13.2 Å². The van der Waals surface area contributed by atoms with Crippen molar-refractivity contribution in [2.45, 2.75) is 136 Å². The predicted octanol–water partition coefficient (Wildman–Crippen LogP) is 11.0. The molecule has 0 aromatic carbocycles. The predicted molar refractivity (Wildman–Crippen MR) is 219 cm³/mol. The van der Waals surface area contributed by atoms with Crippen LogP contribution in [0.25, 0.3) is 0 Å². The molecular weight excluding hydrogens is 689 g/mol. The molecule has 0 aliphatic heterocycles. The Bertz CT molecular complexity index is 1180. The zero-order valence-electron chi connectivity index (χ0n) is 32.7. The number of rotatable bonds is 35. The third-order valence-electron chi connectivity index (χ3n) is 7.45. The van der Waals surface area contributed by atoms with Gasteiger partial charge in [0.25, 0.3) is 0 Å². The number of phosphoric acid groups is 1. The molecule has 3 N–H and O–H groups in total. The Balaban J connectivity index is 4.40. The van der Waals surface area contributed by atoms with Crippen molar-refractivity contribution in [2.75, 3.05) is 26.4 Å². The molecular formula is C43H70NO8P. The monoisotopic (exact) mass is 759 g/mol. The molecule has 0 aromatic heterocycles. The largest absolute Gasteiger partial charge is 0.472 e. The highest BCUT2D eigenvalue weighted by molar-refractivity contribution is 7.47. The van der Waals surface area contributed by atoms with E-state index in [0.29, 0.717) is 12.8 Å². The zero-order valence-corrected chi connectivity index (χ0v) is 33.6. The van der Waals surface area contributed by atoms with Gasteiger partial charge in [-0.3, -0.25) is 18.6 Å². The maximum Gasteiger partial charge on any atom is 0.472 e. The molecule has 0 radical (unpaired) electrons. The third-order valence-corrected chi connectivity index (χ3v) is 8.44. The SMILES string of the molecule is CC/C=C/C/C=C/C/C=C/C/C=C/C/C=C/CCCC(=O)OC[C@H](COP(=O)(O)OCCN)OC(=O)CCCC/C=C/C/C=C/C/C=C/CCCCC. The highest BCUT2D eigenvalue weighted by atomic mass is 31.2. The lowest BCUT2D eigenvalue weighted by Gasteiger charge is -2.19. The van der Waals surface area contributed by atoms with E-state index in [1.807, 2.05) is 6.08 Å². The second kappa shape index (κ2) is 38.6. The van der Waals surface area contributed by atoms with Crippen LogP contribution in [0.3, 0.4) is 0 Å². The van der Waals surface area contributed by atoms with E-state index in [9.17, 15) is 19.0 Å². The first kappa shape index (κ1) is 49.9. The van der Waals surface area contributed by atoms with E-state index in [0.717, 1.165) is 70.6 Å². The maximum absolute atomic E-state index is 12.5. The van der Waals surface area contributed by atoms with Gasteiger partial charge < -0.3 is 20.1 Å². The highest BCUT2D eigenvalue weighted by Gasteiger charge is 2.25. The van der Waals surface area contributed by atoms with Gasteiger partial charge in [-0.2, -0.15) is 0 Å². The van der Waals surface area contributed by atoms with E-state index in [1.165, 1.54) is 19.3 Å². The summed E-state index contributed by atoms with van der Waals surface area (Å²) >= 11 is 0. The van der Waals surface area contributed by atoms with E-state index in [-0.39, 0.29) is 32.6 Å². The maximum atomic E-state index is 12.5. The Morgan fingerprint density at radius 2 is 1.04 bits per heavy atom. The Kier molecular flexibility index (Phi) is 36.4. The molecule has 2 atom stereocenters. The molecule has 0 saturated heterocycles. The summed E-state index contributed by atoms with van der Waals surface area (Å²) in [6.45, 7) is 3.44. The number of unbranched alkanes of at least 4 members (excludes halogenated alkanes) is 6. The summed E-state index contributed by atoms with van der Waals surface area (Å²) in [5.74, 6) is -0.955. The number of carbonyl (C=O) groups is 2. The van der Waals surface area contributed by atoms with E-state index in [1.54, 1.807) is 0 Å². The Labute approximate surface area is 321 Å². The first-order chi connectivity index (χ1) is 25.8. The number of hydrogen-bond acceptors (Lipinski definition) is 8.